The van der Waals surface area contributed by atoms with E-state index in [4.69, 9.17) is 80.0 Å². The number of halogens is 28. The summed E-state index contributed by atoms with van der Waals surface area (Å²) in [7, 11) is -0.846. The van der Waals surface area contributed by atoms with Gasteiger partial charge in [0.15, 0.2) is 34.7 Å². The SMILES string of the molecule is C.C.C.C.CC1(C)OB(c2cnc(OC3(C(F)(F)F)CCC3)c(F)c2)OC1(C)C.Clc1cnc(Br)cn1.Fc1cc(-c2cn3c(C(F)(F)Cl)nnc3cn2)cnc1OC1(C(F)(F)F)CCC1.Fc1cc(-c2cnc(Cl)cn2)cnc1OC1(C(F)(F)F)CCC1.N=N.NNc1cnc(-c2cnc(OC3(C(F)(F)F)CCC3)c(F)c2)cn1.O=C(OC(=O)C(F)(F)Cl)C(F)(F)Cl.[HH]. The fraction of sp³-hybridized carbons (Fsp3) is 0.458. The van der Waals surface area contributed by atoms with E-state index in [0.717, 1.165) is 47.3 Å². The van der Waals surface area contributed by atoms with Crippen LogP contribution in [0.4, 0.5) is 102 Å². The number of carbonyl (C=O) groups is 2. The van der Waals surface area contributed by atoms with Crippen LogP contribution in [0, 0.1) is 34.3 Å². The van der Waals surface area contributed by atoms with E-state index in [-0.39, 0.29) is 121 Å². The molecule has 9 aromatic rings. The van der Waals surface area contributed by atoms with Crippen molar-refractivity contribution in [3.63, 3.8) is 0 Å². The molecule has 0 aromatic carbocycles. The molecule has 0 amide bonds. The average molecular weight is 2020 g/mol. The third kappa shape index (κ3) is 26.6. The minimum absolute atomic E-state index is 0. The number of pyridine rings is 4. The van der Waals surface area contributed by atoms with Gasteiger partial charge in [0.1, 0.15) is 14.9 Å². The van der Waals surface area contributed by atoms with Crippen LogP contribution in [0.15, 0.2) is 103 Å². The zero-order valence-corrected chi connectivity index (χ0v) is 68.3. The number of nitrogen functional groups attached to an aromatic ring is 1. The number of hydrogen-bond acceptors (Lipinski definition) is 26. The molecule has 0 atom stereocenters. The van der Waals surface area contributed by atoms with Gasteiger partial charge >= 0.3 is 59.9 Å². The molecule has 10 heterocycles. The zero-order chi connectivity index (χ0) is 92.6. The maximum Gasteiger partial charge on any atom is 0.496 e. The van der Waals surface area contributed by atoms with Crippen molar-refractivity contribution in [2.24, 2.45) is 5.84 Å². The third-order valence-corrected chi connectivity index (χ3v) is 20.0. The van der Waals surface area contributed by atoms with Gasteiger partial charge in [0.05, 0.1) is 71.7 Å². The van der Waals surface area contributed by atoms with Crippen molar-refractivity contribution in [1.29, 1.82) is 11.1 Å². The van der Waals surface area contributed by atoms with Crippen LogP contribution < -0.4 is 35.7 Å². The molecule has 0 spiro atoms. The highest BCUT2D eigenvalue weighted by Gasteiger charge is 2.65. The maximum atomic E-state index is 14.4. The first-order valence-corrected chi connectivity index (χ1v) is 37.4. The molecule has 5 fully saturated rings. The van der Waals surface area contributed by atoms with E-state index in [2.05, 4.69) is 114 Å². The molecule has 0 bridgehead atoms. The minimum Gasteiger partial charge on any atom is -0.459 e. The lowest BCUT2D eigenvalue weighted by molar-refractivity contribution is -0.275. The lowest BCUT2D eigenvalue weighted by atomic mass is 9.79. The van der Waals surface area contributed by atoms with E-state index >= 15 is 0 Å². The summed E-state index contributed by atoms with van der Waals surface area (Å²) in [4.78, 5) is 61.8. The molecule has 1 aliphatic heterocycles. The molecule has 4 saturated carbocycles. The van der Waals surface area contributed by atoms with E-state index in [1.807, 2.05) is 27.7 Å². The molecule has 56 heteroatoms. The number of carbonyl (C=O) groups excluding carboxylic acids is 2. The Kier molecular flexibility index (Phi) is 37.2. The number of anilines is 1. The number of aromatic nitrogens is 14. The van der Waals surface area contributed by atoms with Gasteiger partial charge < -0.3 is 38.4 Å². The smallest absolute Gasteiger partial charge is 0.459 e. The van der Waals surface area contributed by atoms with Gasteiger partial charge in [0.25, 0.3) is 23.5 Å². The Hall–Kier alpha value is -9.54. The second-order valence-corrected chi connectivity index (χ2v) is 30.5. The van der Waals surface area contributed by atoms with E-state index < -0.39 is 146 Å². The Bertz CT molecular complexity index is 5150. The van der Waals surface area contributed by atoms with Crippen LogP contribution in [0.1, 0.15) is 142 Å². The summed E-state index contributed by atoms with van der Waals surface area (Å²) >= 11 is 27.2. The predicted octanol–water partition coefficient (Wildman–Crippen LogP) is 21.9. The summed E-state index contributed by atoms with van der Waals surface area (Å²) in [5.41, 5.74) is 2.93. The van der Waals surface area contributed by atoms with Crippen LogP contribution >= 0.6 is 73.9 Å². The number of hydrogen-bond donors (Lipinski definition) is 4. The van der Waals surface area contributed by atoms with E-state index in [1.54, 1.807) is 6.20 Å². The second kappa shape index (κ2) is 43.0. The first-order chi connectivity index (χ1) is 57.4. The summed E-state index contributed by atoms with van der Waals surface area (Å²) < 4.78 is 324. The van der Waals surface area contributed by atoms with Crippen molar-refractivity contribution in [2.75, 3.05) is 5.43 Å². The molecule has 9 aromatic heterocycles. The van der Waals surface area contributed by atoms with E-state index in [1.165, 1.54) is 49.6 Å². The Morgan fingerprint density at radius 1 is 0.461 bits per heavy atom. The fourth-order valence-electron chi connectivity index (χ4n) is 10.7. The van der Waals surface area contributed by atoms with Crippen molar-refractivity contribution in [3.05, 3.63) is 143 Å². The number of rotatable bonds is 16. The summed E-state index contributed by atoms with van der Waals surface area (Å²) in [6.45, 7) is 7.38. The minimum atomic E-state index is -4.66. The maximum absolute atomic E-state index is 14.4. The standard InChI is InChI=1S/C16H20BF4NO3.C16H10ClF6N5O.C14H10ClF4N3O.C14H13F4N5O.C4H2BrClN2.C4Cl2F4O3.4CH4.H2N2.H2/c1-13(2)14(3,4)25-17(24-13)10-8-11(18)12(22-9-10)23-15(6-5-7-15)16(19,20)21;17-15(19,20)13-27-26-11-6-24-10(7-28(11)13)8-4-9(18)12(25-5-8)29-14(2-1-3-14)16(21,22)23;15-11-7-20-10(6-21-11)8-4-9(16)12(22-5-8)23-13(2-1-3-13)14(17,18)19;15-9-4-8(10-6-21-11(23-19)7-20-10)5-22-12(9)24-13(2-1-3-13)14(16,17)18;5-3-1-8-4(6)2-7-3;5-3(7,8)1(11)13-2(12)4(6,9)10;;;;;1-2;/h8-9H,5-7H2,1-4H3;4-7H,1-3H2;4-7H,1-3H2;4-7H,1-3,19H2,(H,21,23);1-2H;;4*1H4;1-2H;1H. The van der Waals surface area contributed by atoms with Gasteiger partial charge in [-0.05, 0) is 180 Å². The van der Waals surface area contributed by atoms with Gasteiger partial charge in [-0.25, -0.2) is 83.9 Å². The highest BCUT2D eigenvalue weighted by molar-refractivity contribution is 9.10. The predicted molar refractivity (Wildman–Crippen MR) is 422 cm³/mol. The summed E-state index contributed by atoms with van der Waals surface area (Å²) in [6, 6.07) is 3.91. The molecule has 1 saturated heterocycles. The molecule has 5 aliphatic rings. The second-order valence-electron chi connectivity index (χ2n) is 27.5. The van der Waals surface area contributed by atoms with Crippen LogP contribution in [0.2, 0.25) is 10.3 Å². The number of esters is 2. The number of hydrazine groups is 1. The third-order valence-electron chi connectivity index (χ3n) is 18.7. The summed E-state index contributed by atoms with van der Waals surface area (Å²) in [5, 5.41) is -5.54. The number of fused-ring (bicyclic) bond motifs is 1. The largest absolute Gasteiger partial charge is 0.496 e. The number of nitrogens with one attached hydrogen (secondary N) is 3. The Morgan fingerprint density at radius 3 is 1.06 bits per heavy atom. The molecule has 0 radical (unpaired) electrons. The van der Waals surface area contributed by atoms with Gasteiger partial charge in [0.2, 0.25) is 28.2 Å². The Labute approximate surface area is 747 Å². The highest BCUT2D eigenvalue weighted by Crippen LogP contribution is 2.53. The zero-order valence-electron chi connectivity index (χ0n) is 62.9. The van der Waals surface area contributed by atoms with E-state index in [0.29, 0.717) is 52.6 Å². The molecule has 0 unspecified atom stereocenters. The van der Waals surface area contributed by atoms with Crippen molar-refractivity contribution in [2.45, 2.75) is 209 Å². The van der Waals surface area contributed by atoms with Crippen molar-refractivity contribution < 1.29 is 141 Å². The molecule has 27 nitrogen and oxygen atoms in total. The van der Waals surface area contributed by atoms with Crippen LogP contribution in [0.5, 0.6) is 23.5 Å². The first-order valence-electron chi connectivity index (χ1n) is 34.7. The Balaban J connectivity index is 0.000000406. The van der Waals surface area contributed by atoms with Gasteiger partial charge in [-0.2, -0.15) is 79.0 Å². The quantitative estimate of drug-likeness (QED) is 0.0102. The number of ether oxygens (including phenoxy) is 5. The van der Waals surface area contributed by atoms with Crippen molar-refractivity contribution in [1.82, 2.24) is 69.4 Å². The molecular weight excluding hydrogens is 1950 g/mol. The summed E-state index contributed by atoms with van der Waals surface area (Å²) in [5.74, 6) is -7.53. The fourth-order valence-corrected chi connectivity index (χ4v) is 11.3. The van der Waals surface area contributed by atoms with Gasteiger partial charge in [0, 0.05) is 54.6 Å². The Morgan fingerprint density at radius 2 is 0.789 bits per heavy atom. The van der Waals surface area contributed by atoms with Crippen LogP contribution in [0.25, 0.3) is 39.4 Å². The topological polar surface area (TPSA) is 356 Å². The molecular formula is C72H75BBrCl5F22N18O9. The van der Waals surface area contributed by atoms with Gasteiger partial charge in [-0.15, -0.1) is 10.2 Å². The number of alkyl halides is 21. The molecule has 128 heavy (non-hydrogen) atoms. The van der Waals surface area contributed by atoms with E-state index in [9.17, 15) is 106 Å². The highest BCUT2D eigenvalue weighted by atomic mass is 79.9. The van der Waals surface area contributed by atoms with Crippen molar-refractivity contribution >= 4 is 110 Å². The van der Waals surface area contributed by atoms with Gasteiger partial charge in [-0.1, -0.05) is 52.9 Å². The lowest BCUT2D eigenvalue weighted by Crippen LogP contribution is -2.55. The monoisotopic (exact) mass is 2020 g/mol. The molecule has 14 rings (SSSR count). The van der Waals surface area contributed by atoms with Crippen LogP contribution in [-0.2, 0) is 29.0 Å². The summed E-state index contributed by atoms with van der Waals surface area (Å²) in [6.07, 6.45) is -3.71. The molecule has 5 N–H and O–H groups in total. The average Bonchev–Trinajstić information content (AvgIpc) is 1.74. The first kappa shape index (κ1) is 111. The van der Waals surface area contributed by atoms with Crippen molar-refractivity contribution in [3.8, 4) is 57.3 Å². The number of nitrogens with two attached hydrogens (primary N) is 1. The van der Waals surface area contributed by atoms with Gasteiger partial charge in [-0.3, -0.25) is 19.4 Å². The lowest BCUT2D eigenvalue weighted by Gasteiger charge is -2.42. The number of nitrogens with zero attached hydrogens (tertiary/aromatic N) is 14. The molecule has 706 valence electrons. The van der Waals surface area contributed by atoms with Crippen LogP contribution in [-0.4, -0.2) is 158 Å². The normalized spacial score (nSPS) is 16.4. The molecule has 4 aliphatic carbocycles. The van der Waals surface area contributed by atoms with Crippen LogP contribution in [0.3, 0.4) is 0 Å².